The van der Waals surface area contributed by atoms with Gasteiger partial charge in [0.2, 0.25) is 5.91 Å². The fraction of sp³-hybridized carbons (Fsp3) is 0.682. The predicted octanol–water partition coefficient (Wildman–Crippen LogP) is 2.07. The van der Waals surface area contributed by atoms with E-state index < -0.39 is 0 Å². The zero-order valence-corrected chi connectivity index (χ0v) is 16.7. The minimum absolute atomic E-state index is 0.0603. The minimum atomic E-state index is -0.0663. The van der Waals surface area contributed by atoms with Gasteiger partial charge in [0.05, 0.1) is 13.7 Å². The van der Waals surface area contributed by atoms with Crippen molar-refractivity contribution < 1.29 is 9.53 Å². The average Bonchev–Trinajstić information content (AvgIpc) is 3.49. The van der Waals surface area contributed by atoms with Crippen LogP contribution in [0.5, 0.6) is 5.75 Å². The van der Waals surface area contributed by atoms with Crippen LogP contribution >= 0.6 is 0 Å². The maximum atomic E-state index is 11.7. The number of piperidine rings is 1. The number of fused-ring (bicyclic) bond motifs is 4. The maximum absolute atomic E-state index is 11.7. The van der Waals surface area contributed by atoms with E-state index in [0.29, 0.717) is 18.5 Å². The molecular formula is C22H33N3O2. The fourth-order valence-corrected chi connectivity index (χ4v) is 5.50. The normalized spacial score (nSPS) is 29.9. The Bertz CT molecular complexity index is 703. The van der Waals surface area contributed by atoms with Gasteiger partial charge in [0.25, 0.3) is 0 Å². The number of nitrogens with one attached hydrogen (secondary N) is 1. The number of carbonyl (C=O) groups excluding carboxylic acids is 1. The highest BCUT2D eigenvalue weighted by Gasteiger charge is 2.51. The molecule has 3 aliphatic rings. The van der Waals surface area contributed by atoms with Crippen molar-refractivity contribution >= 4 is 5.91 Å². The molecule has 5 heteroatoms. The van der Waals surface area contributed by atoms with Crippen LogP contribution in [-0.2, 0) is 16.6 Å². The highest BCUT2D eigenvalue weighted by atomic mass is 16.5. The van der Waals surface area contributed by atoms with Crippen molar-refractivity contribution in [3.63, 3.8) is 0 Å². The van der Waals surface area contributed by atoms with Gasteiger partial charge in [-0.05, 0) is 73.7 Å². The van der Waals surface area contributed by atoms with E-state index in [4.69, 9.17) is 10.5 Å². The molecule has 4 rings (SSSR count). The van der Waals surface area contributed by atoms with Crippen molar-refractivity contribution in [1.82, 2.24) is 10.2 Å². The van der Waals surface area contributed by atoms with Crippen molar-refractivity contribution in [2.75, 3.05) is 33.3 Å². The summed E-state index contributed by atoms with van der Waals surface area (Å²) in [4.78, 5) is 14.4. The van der Waals surface area contributed by atoms with E-state index in [1.54, 1.807) is 7.11 Å². The summed E-state index contributed by atoms with van der Waals surface area (Å²) in [5, 5.41) is 3.00. The average molecular weight is 372 g/mol. The van der Waals surface area contributed by atoms with Gasteiger partial charge < -0.3 is 15.8 Å². The van der Waals surface area contributed by atoms with E-state index >= 15 is 0 Å². The van der Waals surface area contributed by atoms with Gasteiger partial charge in [-0.3, -0.25) is 9.69 Å². The third-order valence-electron chi connectivity index (χ3n) is 7.31. The number of nitrogens with zero attached hydrogens (tertiary/aromatic N) is 1. The molecule has 1 aromatic rings. The van der Waals surface area contributed by atoms with Crippen molar-refractivity contribution in [1.29, 1.82) is 0 Å². The molecule has 0 aromatic heterocycles. The largest absolute Gasteiger partial charge is 0.497 e. The molecule has 27 heavy (non-hydrogen) atoms. The maximum Gasteiger partial charge on any atom is 0.233 e. The lowest BCUT2D eigenvalue weighted by Gasteiger charge is -2.56. The van der Waals surface area contributed by atoms with Gasteiger partial charge in [0.15, 0.2) is 0 Å². The Morgan fingerprint density at radius 1 is 1.41 bits per heavy atom. The quantitative estimate of drug-likeness (QED) is 0.770. The number of amides is 1. The van der Waals surface area contributed by atoms with Crippen molar-refractivity contribution in [2.45, 2.75) is 50.5 Å². The standard InChI is InChI=1S/C22H33N3O2/c1-15-20-11-17-5-6-18(27-2)12-19(17)22(15,7-9-24-21(26)13-23)8-10-25(20)14-16-3-4-16/h5-6,12,15-16,20H,3-4,7-11,13-14,23H2,1-2H3,(H,24,26)/t15-,20+,22-/m0/s1. The van der Waals surface area contributed by atoms with E-state index in [2.05, 4.69) is 35.3 Å². The molecule has 0 spiro atoms. The van der Waals surface area contributed by atoms with Crippen LogP contribution in [0.3, 0.4) is 0 Å². The monoisotopic (exact) mass is 371 g/mol. The molecule has 1 amide bonds. The second-order valence-corrected chi connectivity index (χ2v) is 8.73. The summed E-state index contributed by atoms with van der Waals surface area (Å²) in [7, 11) is 1.74. The Hall–Kier alpha value is -1.59. The number of likely N-dealkylation sites (tertiary alicyclic amines) is 1. The Kier molecular flexibility index (Phi) is 5.17. The van der Waals surface area contributed by atoms with Crippen LogP contribution in [0.25, 0.3) is 0 Å². The van der Waals surface area contributed by atoms with E-state index in [1.807, 2.05) is 0 Å². The molecular weight excluding hydrogens is 338 g/mol. The second kappa shape index (κ2) is 7.44. The van der Waals surface area contributed by atoms with E-state index in [0.717, 1.165) is 37.5 Å². The first kappa shape index (κ1) is 18.8. The topological polar surface area (TPSA) is 67.6 Å². The van der Waals surface area contributed by atoms with Gasteiger partial charge >= 0.3 is 0 Å². The van der Waals surface area contributed by atoms with Gasteiger partial charge in [-0.1, -0.05) is 13.0 Å². The summed E-state index contributed by atoms with van der Waals surface area (Å²) in [6, 6.07) is 7.22. The lowest BCUT2D eigenvalue weighted by molar-refractivity contribution is -0.119. The third-order valence-corrected chi connectivity index (χ3v) is 7.31. The van der Waals surface area contributed by atoms with E-state index in [-0.39, 0.29) is 17.9 Å². The fourth-order valence-electron chi connectivity index (χ4n) is 5.50. The molecule has 3 N–H and O–H groups in total. The SMILES string of the molecule is COc1ccc2c(c1)[C@@]1(CCNC(=O)CN)CCN(CC3CC3)[C@H](C2)[C@@H]1C. The Balaban J connectivity index is 1.64. The van der Waals surface area contributed by atoms with Crippen LogP contribution in [-0.4, -0.2) is 50.1 Å². The Morgan fingerprint density at radius 2 is 2.22 bits per heavy atom. The van der Waals surface area contributed by atoms with Gasteiger partial charge in [0, 0.05) is 24.5 Å². The van der Waals surface area contributed by atoms with Crippen molar-refractivity contribution in [2.24, 2.45) is 17.6 Å². The van der Waals surface area contributed by atoms with Crippen LogP contribution in [0.1, 0.15) is 43.7 Å². The molecule has 1 aliphatic heterocycles. The smallest absolute Gasteiger partial charge is 0.233 e. The summed E-state index contributed by atoms with van der Waals surface area (Å²) in [6.45, 7) is 5.60. The lowest BCUT2D eigenvalue weighted by Crippen LogP contribution is -2.60. The lowest BCUT2D eigenvalue weighted by atomic mass is 9.56. The Labute approximate surface area is 162 Å². The molecule has 3 atom stereocenters. The van der Waals surface area contributed by atoms with E-state index in [1.165, 1.54) is 30.5 Å². The zero-order chi connectivity index (χ0) is 19.0. The highest BCUT2D eigenvalue weighted by Crippen LogP contribution is 2.52. The van der Waals surface area contributed by atoms with Crippen LogP contribution < -0.4 is 15.8 Å². The molecule has 2 fully saturated rings. The van der Waals surface area contributed by atoms with Crippen LogP contribution in [0.4, 0.5) is 0 Å². The molecule has 2 bridgehead atoms. The highest BCUT2D eigenvalue weighted by molar-refractivity contribution is 5.77. The van der Waals surface area contributed by atoms with Crippen LogP contribution in [0.15, 0.2) is 18.2 Å². The van der Waals surface area contributed by atoms with Gasteiger partial charge in [-0.25, -0.2) is 0 Å². The number of ether oxygens (including phenoxy) is 1. The summed E-state index contributed by atoms with van der Waals surface area (Å²) in [5.41, 5.74) is 8.48. The number of hydrogen-bond donors (Lipinski definition) is 2. The molecule has 1 heterocycles. The molecule has 2 aliphatic carbocycles. The van der Waals surface area contributed by atoms with Crippen LogP contribution in [0.2, 0.25) is 0 Å². The van der Waals surface area contributed by atoms with Gasteiger partial charge in [-0.15, -0.1) is 0 Å². The number of carbonyl (C=O) groups is 1. The summed E-state index contributed by atoms with van der Waals surface area (Å²) in [6.07, 6.45) is 6.05. The minimum Gasteiger partial charge on any atom is -0.497 e. The Morgan fingerprint density at radius 3 is 2.93 bits per heavy atom. The molecule has 5 nitrogen and oxygen atoms in total. The summed E-state index contributed by atoms with van der Waals surface area (Å²) >= 11 is 0. The van der Waals surface area contributed by atoms with Crippen LogP contribution in [0, 0.1) is 11.8 Å². The van der Waals surface area contributed by atoms with E-state index in [9.17, 15) is 4.79 Å². The summed E-state index contributed by atoms with van der Waals surface area (Å²) < 4.78 is 5.54. The first-order valence-electron chi connectivity index (χ1n) is 10.5. The first-order chi connectivity index (χ1) is 13.1. The molecule has 1 saturated heterocycles. The first-order valence-corrected chi connectivity index (χ1v) is 10.5. The number of hydrogen-bond acceptors (Lipinski definition) is 4. The number of benzene rings is 1. The molecule has 0 radical (unpaired) electrons. The molecule has 1 saturated carbocycles. The predicted molar refractivity (Wildman–Crippen MR) is 107 cm³/mol. The summed E-state index contributed by atoms with van der Waals surface area (Å²) in [5.74, 6) is 2.36. The number of nitrogens with two attached hydrogens (primary N) is 1. The van der Waals surface area contributed by atoms with Crippen molar-refractivity contribution in [3.05, 3.63) is 29.3 Å². The zero-order valence-electron chi connectivity index (χ0n) is 16.7. The van der Waals surface area contributed by atoms with Gasteiger partial charge in [-0.2, -0.15) is 0 Å². The number of methoxy groups -OCH3 is 1. The number of rotatable bonds is 7. The second-order valence-electron chi connectivity index (χ2n) is 8.73. The molecule has 1 aromatic carbocycles. The van der Waals surface area contributed by atoms with Gasteiger partial charge in [0.1, 0.15) is 5.75 Å². The van der Waals surface area contributed by atoms with Crippen molar-refractivity contribution in [3.8, 4) is 5.75 Å². The third kappa shape index (κ3) is 3.47. The molecule has 148 valence electrons. The molecule has 0 unspecified atom stereocenters.